The predicted molar refractivity (Wildman–Crippen MR) is 74.2 cm³/mol. The highest BCUT2D eigenvalue weighted by molar-refractivity contribution is 7.92. The van der Waals surface area contributed by atoms with Gasteiger partial charge in [-0.3, -0.25) is 4.72 Å². The molecule has 0 aliphatic heterocycles. The van der Waals surface area contributed by atoms with Crippen molar-refractivity contribution in [1.29, 1.82) is 0 Å². The largest absolute Gasteiger partial charge is 0.508 e. The molecule has 0 saturated carbocycles. The number of phenolic OH excluding ortho intramolecular Hbond substituents is 1. The van der Waals surface area contributed by atoms with Crippen molar-refractivity contribution >= 4 is 15.7 Å². The molecule has 5 heteroatoms. The summed E-state index contributed by atoms with van der Waals surface area (Å²) in [5, 5.41) is 9.11. The van der Waals surface area contributed by atoms with Gasteiger partial charge in [-0.2, -0.15) is 0 Å². The van der Waals surface area contributed by atoms with Crippen LogP contribution in [0.25, 0.3) is 0 Å². The third kappa shape index (κ3) is 5.40. The second-order valence-corrected chi connectivity index (χ2v) is 6.49. The molecule has 1 rings (SSSR count). The summed E-state index contributed by atoms with van der Waals surface area (Å²) in [7, 11) is -3.29. The van der Waals surface area contributed by atoms with Crippen molar-refractivity contribution in [2.45, 2.75) is 33.1 Å². The van der Waals surface area contributed by atoms with Crippen LogP contribution < -0.4 is 4.72 Å². The molecule has 0 aliphatic carbocycles. The number of hydrogen-bond acceptors (Lipinski definition) is 3. The monoisotopic (exact) mass is 271 g/mol. The van der Waals surface area contributed by atoms with Crippen molar-refractivity contribution in [1.82, 2.24) is 0 Å². The third-order valence-electron chi connectivity index (χ3n) is 2.80. The van der Waals surface area contributed by atoms with E-state index in [0.717, 1.165) is 12.8 Å². The molecule has 4 nitrogen and oxygen atoms in total. The van der Waals surface area contributed by atoms with Crippen LogP contribution >= 0.6 is 0 Å². The Bertz CT molecular complexity index is 454. The van der Waals surface area contributed by atoms with Gasteiger partial charge in [-0.25, -0.2) is 8.42 Å². The molecule has 0 saturated heterocycles. The van der Waals surface area contributed by atoms with Gasteiger partial charge >= 0.3 is 0 Å². The maximum Gasteiger partial charge on any atom is 0.232 e. The van der Waals surface area contributed by atoms with Crippen molar-refractivity contribution < 1.29 is 13.5 Å². The van der Waals surface area contributed by atoms with Gasteiger partial charge in [-0.05, 0) is 36.6 Å². The molecular weight excluding hydrogens is 250 g/mol. The number of anilines is 1. The first kappa shape index (κ1) is 14.8. The van der Waals surface area contributed by atoms with Crippen molar-refractivity contribution in [2.24, 2.45) is 5.92 Å². The fourth-order valence-electron chi connectivity index (χ4n) is 1.75. The lowest BCUT2D eigenvalue weighted by Gasteiger charge is -2.11. The van der Waals surface area contributed by atoms with Crippen LogP contribution in [0.3, 0.4) is 0 Å². The minimum atomic E-state index is -3.29. The topological polar surface area (TPSA) is 66.4 Å². The molecule has 0 fully saturated rings. The lowest BCUT2D eigenvalue weighted by Crippen LogP contribution is -2.18. The summed E-state index contributed by atoms with van der Waals surface area (Å²) in [6, 6.07) is 6.00. The minimum Gasteiger partial charge on any atom is -0.508 e. The molecule has 0 aromatic heterocycles. The van der Waals surface area contributed by atoms with Crippen LogP contribution in [-0.4, -0.2) is 19.3 Å². The van der Waals surface area contributed by atoms with E-state index in [2.05, 4.69) is 18.6 Å². The van der Waals surface area contributed by atoms with Crippen LogP contribution in [0.5, 0.6) is 5.75 Å². The first-order valence-electron chi connectivity index (χ1n) is 6.22. The van der Waals surface area contributed by atoms with Crippen LogP contribution in [0, 0.1) is 5.92 Å². The maximum atomic E-state index is 11.8. The molecule has 0 spiro atoms. The van der Waals surface area contributed by atoms with E-state index in [9.17, 15) is 8.42 Å². The summed E-state index contributed by atoms with van der Waals surface area (Å²) in [4.78, 5) is 0. The van der Waals surface area contributed by atoms with Crippen molar-refractivity contribution in [2.75, 3.05) is 10.5 Å². The normalized spacial score (nSPS) is 13.2. The molecule has 2 N–H and O–H groups in total. The fourth-order valence-corrected chi connectivity index (χ4v) is 3.06. The van der Waals surface area contributed by atoms with E-state index in [4.69, 9.17) is 5.11 Å². The first-order valence-corrected chi connectivity index (χ1v) is 7.87. The number of rotatable bonds is 7. The lowest BCUT2D eigenvalue weighted by atomic mass is 10.0. The zero-order valence-corrected chi connectivity index (χ0v) is 11.7. The molecule has 1 aromatic carbocycles. The Morgan fingerprint density at radius 2 is 1.83 bits per heavy atom. The smallest absolute Gasteiger partial charge is 0.232 e. The van der Waals surface area contributed by atoms with Gasteiger partial charge in [-0.1, -0.05) is 26.7 Å². The highest BCUT2D eigenvalue weighted by atomic mass is 32.2. The average molecular weight is 271 g/mol. The second-order valence-electron chi connectivity index (χ2n) is 4.65. The molecule has 1 aromatic rings. The molecule has 0 aliphatic rings. The van der Waals surface area contributed by atoms with Crippen molar-refractivity contribution in [3.8, 4) is 5.75 Å². The Labute approximate surface area is 109 Å². The van der Waals surface area contributed by atoms with Crippen molar-refractivity contribution in [3.05, 3.63) is 24.3 Å². The Kier molecular flexibility index (Phi) is 5.47. The molecule has 0 radical (unpaired) electrons. The fraction of sp³-hybridized carbons (Fsp3) is 0.538. The van der Waals surface area contributed by atoms with E-state index in [0.29, 0.717) is 18.0 Å². The minimum absolute atomic E-state index is 0.120. The predicted octanol–water partition coefficient (Wildman–Crippen LogP) is 2.96. The summed E-state index contributed by atoms with van der Waals surface area (Å²) in [5.74, 6) is 0.676. The maximum absolute atomic E-state index is 11.8. The van der Waals surface area contributed by atoms with Gasteiger partial charge in [0.25, 0.3) is 0 Å². The van der Waals surface area contributed by atoms with Crippen LogP contribution in [0.15, 0.2) is 24.3 Å². The molecule has 0 bridgehead atoms. The van der Waals surface area contributed by atoms with Crippen molar-refractivity contribution in [3.63, 3.8) is 0 Å². The lowest BCUT2D eigenvalue weighted by molar-refractivity contribution is 0.475. The van der Waals surface area contributed by atoms with Crippen LogP contribution in [0.2, 0.25) is 0 Å². The molecular formula is C13H21NO3S. The third-order valence-corrected chi connectivity index (χ3v) is 4.12. The van der Waals surface area contributed by atoms with E-state index in [1.165, 1.54) is 12.1 Å². The van der Waals surface area contributed by atoms with Crippen LogP contribution in [0.1, 0.15) is 33.1 Å². The quantitative estimate of drug-likeness (QED) is 0.749. The Balaban J connectivity index is 2.52. The average Bonchev–Trinajstić information content (AvgIpc) is 2.30. The number of benzene rings is 1. The van der Waals surface area contributed by atoms with Crippen LogP contribution in [-0.2, 0) is 10.0 Å². The summed E-state index contributed by atoms with van der Waals surface area (Å²) in [5.41, 5.74) is 0.482. The molecule has 0 amide bonds. The molecule has 1 atom stereocenters. The number of phenols is 1. The van der Waals surface area contributed by atoms with Gasteiger partial charge in [0.1, 0.15) is 5.75 Å². The van der Waals surface area contributed by atoms with Gasteiger partial charge < -0.3 is 5.11 Å². The highest BCUT2D eigenvalue weighted by Crippen LogP contribution is 2.16. The SMILES string of the molecule is CCCC(C)CCS(=O)(=O)Nc1ccc(O)cc1. The van der Waals surface area contributed by atoms with E-state index in [1.807, 2.05) is 0 Å². The number of aromatic hydroxyl groups is 1. The molecule has 18 heavy (non-hydrogen) atoms. The van der Waals surface area contributed by atoms with E-state index < -0.39 is 10.0 Å². The highest BCUT2D eigenvalue weighted by Gasteiger charge is 2.12. The van der Waals surface area contributed by atoms with E-state index in [1.54, 1.807) is 12.1 Å². The Morgan fingerprint density at radius 3 is 2.39 bits per heavy atom. The van der Waals surface area contributed by atoms with E-state index >= 15 is 0 Å². The molecule has 102 valence electrons. The van der Waals surface area contributed by atoms with Gasteiger partial charge in [0, 0.05) is 5.69 Å². The zero-order chi connectivity index (χ0) is 13.6. The second kappa shape index (κ2) is 6.64. The van der Waals surface area contributed by atoms with Gasteiger partial charge in [0.2, 0.25) is 10.0 Å². The van der Waals surface area contributed by atoms with Gasteiger partial charge in [-0.15, -0.1) is 0 Å². The Morgan fingerprint density at radius 1 is 1.22 bits per heavy atom. The van der Waals surface area contributed by atoms with Gasteiger partial charge in [0.15, 0.2) is 0 Å². The summed E-state index contributed by atoms with van der Waals surface area (Å²) in [6.07, 6.45) is 2.79. The first-order chi connectivity index (χ1) is 8.43. The zero-order valence-electron chi connectivity index (χ0n) is 10.9. The summed E-state index contributed by atoms with van der Waals surface area (Å²) < 4.78 is 26.1. The van der Waals surface area contributed by atoms with Gasteiger partial charge in [0.05, 0.1) is 5.75 Å². The van der Waals surface area contributed by atoms with Crippen LogP contribution in [0.4, 0.5) is 5.69 Å². The summed E-state index contributed by atoms with van der Waals surface area (Å²) >= 11 is 0. The number of sulfonamides is 1. The molecule has 1 unspecified atom stereocenters. The number of hydrogen-bond donors (Lipinski definition) is 2. The summed E-state index contributed by atoms with van der Waals surface area (Å²) in [6.45, 7) is 4.17. The Hall–Kier alpha value is -1.23. The number of nitrogens with one attached hydrogen (secondary N) is 1. The molecule has 0 heterocycles. The van der Waals surface area contributed by atoms with E-state index in [-0.39, 0.29) is 11.5 Å². The standard InChI is InChI=1S/C13H21NO3S/c1-3-4-11(2)9-10-18(16,17)14-12-5-7-13(15)8-6-12/h5-8,11,14-15H,3-4,9-10H2,1-2H3.